The highest BCUT2D eigenvalue weighted by Crippen LogP contribution is 2.28. The van der Waals surface area contributed by atoms with Crippen molar-refractivity contribution in [1.29, 1.82) is 0 Å². The Kier molecular flexibility index (Phi) is 6.63. The van der Waals surface area contributed by atoms with Crippen LogP contribution < -0.4 is 10.1 Å². The fourth-order valence-corrected chi connectivity index (χ4v) is 3.66. The van der Waals surface area contributed by atoms with Gasteiger partial charge in [0.1, 0.15) is 5.75 Å². The normalized spacial score (nSPS) is 22.5. The molecule has 2 aliphatic rings. The first kappa shape index (κ1) is 18.7. The lowest BCUT2D eigenvalue weighted by molar-refractivity contribution is -0.133. The van der Waals surface area contributed by atoms with Gasteiger partial charge in [-0.1, -0.05) is 0 Å². The molecule has 5 nitrogen and oxygen atoms in total. The summed E-state index contributed by atoms with van der Waals surface area (Å²) in [6.07, 6.45) is 3.78. The number of hydrogen-bond acceptors (Lipinski definition) is 4. The number of benzene rings is 1. The zero-order valence-electron chi connectivity index (χ0n) is 14.0. The molecule has 2 saturated heterocycles. The van der Waals surface area contributed by atoms with Gasteiger partial charge in [-0.05, 0) is 50.1 Å². The Balaban J connectivity index is 0.00000208. The molecule has 0 radical (unpaired) electrons. The van der Waals surface area contributed by atoms with Crippen molar-refractivity contribution in [2.45, 2.75) is 44.2 Å². The minimum Gasteiger partial charge on any atom is -0.497 e. The first-order valence-corrected chi connectivity index (χ1v) is 8.38. The molecule has 1 aromatic rings. The molecule has 0 saturated carbocycles. The third-order valence-corrected chi connectivity index (χ3v) is 4.92. The predicted molar refractivity (Wildman–Crippen MR) is 94.9 cm³/mol. The van der Waals surface area contributed by atoms with Crippen molar-refractivity contribution in [3.05, 3.63) is 29.8 Å². The Morgan fingerprint density at radius 3 is 2.54 bits per heavy atom. The van der Waals surface area contributed by atoms with E-state index in [1.807, 2.05) is 4.90 Å². The van der Waals surface area contributed by atoms with Crippen LogP contribution in [-0.2, 0) is 4.79 Å². The lowest BCUT2D eigenvalue weighted by Gasteiger charge is -2.27. The van der Waals surface area contributed by atoms with Gasteiger partial charge in [0.25, 0.3) is 0 Å². The van der Waals surface area contributed by atoms with Crippen molar-refractivity contribution < 1.29 is 14.3 Å². The van der Waals surface area contributed by atoms with E-state index in [1.165, 1.54) is 0 Å². The Labute approximate surface area is 149 Å². The average Bonchev–Trinajstić information content (AvgIpc) is 2.85. The summed E-state index contributed by atoms with van der Waals surface area (Å²) < 4.78 is 5.09. The maximum absolute atomic E-state index is 12.6. The molecule has 24 heavy (non-hydrogen) atoms. The van der Waals surface area contributed by atoms with Gasteiger partial charge in [0.05, 0.1) is 7.11 Å². The summed E-state index contributed by atoms with van der Waals surface area (Å²) in [7, 11) is 1.60. The van der Waals surface area contributed by atoms with Crippen molar-refractivity contribution in [3.8, 4) is 5.75 Å². The van der Waals surface area contributed by atoms with Gasteiger partial charge in [0.15, 0.2) is 5.78 Å². The van der Waals surface area contributed by atoms with Crippen molar-refractivity contribution in [1.82, 2.24) is 10.2 Å². The monoisotopic (exact) mass is 352 g/mol. The molecule has 0 aromatic heterocycles. The van der Waals surface area contributed by atoms with Crippen LogP contribution in [0.1, 0.15) is 42.5 Å². The van der Waals surface area contributed by atoms with Gasteiger partial charge >= 0.3 is 0 Å². The molecule has 0 aliphatic carbocycles. The fourth-order valence-electron chi connectivity index (χ4n) is 3.66. The van der Waals surface area contributed by atoms with E-state index in [4.69, 9.17) is 4.74 Å². The molecule has 132 valence electrons. The zero-order valence-corrected chi connectivity index (χ0v) is 14.8. The van der Waals surface area contributed by atoms with Crippen molar-refractivity contribution >= 4 is 24.1 Å². The predicted octanol–water partition coefficient (Wildman–Crippen LogP) is 2.43. The van der Waals surface area contributed by atoms with Crippen molar-refractivity contribution in [3.63, 3.8) is 0 Å². The van der Waals surface area contributed by atoms with E-state index in [9.17, 15) is 9.59 Å². The first-order chi connectivity index (χ1) is 11.2. The number of rotatable bonds is 5. The molecule has 6 heteroatoms. The van der Waals surface area contributed by atoms with Gasteiger partial charge in [-0.3, -0.25) is 9.59 Å². The van der Waals surface area contributed by atoms with E-state index in [0.717, 1.165) is 38.1 Å². The maximum atomic E-state index is 12.6. The molecule has 2 heterocycles. The van der Waals surface area contributed by atoms with Crippen LogP contribution in [-0.4, -0.2) is 48.9 Å². The highest BCUT2D eigenvalue weighted by Gasteiger charge is 2.37. The van der Waals surface area contributed by atoms with Crippen molar-refractivity contribution in [2.24, 2.45) is 0 Å². The molecule has 1 amide bonds. The molecule has 2 fully saturated rings. The second kappa shape index (κ2) is 8.49. The quantitative estimate of drug-likeness (QED) is 0.827. The highest BCUT2D eigenvalue weighted by atomic mass is 35.5. The maximum Gasteiger partial charge on any atom is 0.223 e. The molecule has 2 unspecified atom stereocenters. The van der Waals surface area contributed by atoms with Crippen LogP contribution in [0.2, 0.25) is 0 Å². The van der Waals surface area contributed by atoms with Crippen LogP contribution in [0.15, 0.2) is 24.3 Å². The summed E-state index contributed by atoms with van der Waals surface area (Å²) >= 11 is 0. The van der Waals surface area contributed by atoms with E-state index in [1.54, 1.807) is 31.4 Å². The number of carbonyl (C=O) groups is 2. The molecule has 3 rings (SSSR count). The van der Waals surface area contributed by atoms with Gasteiger partial charge in [-0.25, -0.2) is 0 Å². The minimum atomic E-state index is 0. The smallest absolute Gasteiger partial charge is 0.223 e. The van der Waals surface area contributed by atoms with Gasteiger partial charge < -0.3 is 15.0 Å². The lowest BCUT2D eigenvalue weighted by atomic mass is 10.1. The highest BCUT2D eigenvalue weighted by molar-refractivity contribution is 5.98. The second-order valence-electron chi connectivity index (χ2n) is 6.33. The molecule has 2 atom stereocenters. The van der Waals surface area contributed by atoms with E-state index in [-0.39, 0.29) is 30.5 Å². The molecule has 2 bridgehead atoms. The van der Waals surface area contributed by atoms with E-state index in [2.05, 4.69) is 5.32 Å². The lowest BCUT2D eigenvalue weighted by Crippen LogP contribution is -2.42. The number of nitrogens with one attached hydrogen (secondary N) is 1. The summed E-state index contributed by atoms with van der Waals surface area (Å²) in [5.41, 5.74) is 0.638. The molecular weight excluding hydrogens is 328 g/mol. The van der Waals surface area contributed by atoms with Crippen LogP contribution in [0, 0.1) is 0 Å². The average molecular weight is 353 g/mol. The third kappa shape index (κ3) is 4.08. The standard InChI is InChI=1S/C18H24N2O3.ClH/c1-23-16-6-2-13(3-7-16)17(21)8-9-18(22)20-14-4-5-15(20)12-19-11-10-14;/h2-3,6-7,14-15,19H,4-5,8-12H2,1H3;1H. The number of nitrogens with zero attached hydrogens (tertiary/aromatic N) is 1. The number of halogens is 1. The summed E-state index contributed by atoms with van der Waals surface area (Å²) in [5, 5.41) is 3.39. The fraction of sp³-hybridized carbons (Fsp3) is 0.556. The number of carbonyl (C=O) groups excluding carboxylic acids is 2. The Bertz CT molecular complexity index is 562. The van der Waals surface area contributed by atoms with Gasteiger partial charge in [-0.15, -0.1) is 12.4 Å². The number of amides is 1. The summed E-state index contributed by atoms with van der Waals surface area (Å²) in [6, 6.07) is 7.73. The van der Waals surface area contributed by atoms with Crippen LogP contribution in [0.25, 0.3) is 0 Å². The molecule has 0 spiro atoms. The number of Topliss-reactive ketones (excluding diaryl/α,β-unsaturated/α-hetero) is 1. The Morgan fingerprint density at radius 2 is 1.83 bits per heavy atom. The molecular formula is C18H25ClN2O3. The number of fused-ring (bicyclic) bond motifs is 2. The van der Waals surface area contributed by atoms with Crippen LogP contribution in [0.4, 0.5) is 0 Å². The first-order valence-electron chi connectivity index (χ1n) is 8.38. The minimum absolute atomic E-state index is 0. The summed E-state index contributed by atoms with van der Waals surface area (Å²) in [6.45, 7) is 1.87. The molecule has 1 aromatic carbocycles. The van der Waals surface area contributed by atoms with E-state index < -0.39 is 0 Å². The van der Waals surface area contributed by atoms with Crippen LogP contribution in [0.5, 0.6) is 5.75 Å². The Hall–Kier alpha value is -1.59. The second-order valence-corrected chi connectivity index (χ2v) is 6.33. The number of ketones is 1. The Morgan fingerprint density at radius 1 is 1.12 bits per heavy atom. The van der Waals surface area contributed by atoms with Gasteiger partial charge in [0, 0.05) is 37.0 Å². The number of hydrogen-bond donors (Lipinski definition) is 1. The van der Waals surface area contributed by atoms with Crippen LogP contribution >= 0.6 is 12.4 Å². The topological polar surface area (TPSA) is 58.6 Å². The summed E-state index contributed by atoms with van der Waals surface area (Å²) in [4.78, 5) is 26.9. The largest absolute Gasteiger partial charge is 0.497 e. The SMILES string of the molecule is COc1ccc(C(=O)CCC(=O)N2C3CCNCC2CC3)cc1.Cl. The molecule has 1 N–H and O–H groups in total. The van der Waals surface area contributed by atoms with Crippen LogP contribution in [0.3, 0.4) is 0 Å². The van der Waals surface area contributed by atoms with Gasteiger partial charge in [0.2, 0.25) is 5.91 Å². The summed E-state index contributed by atoms with van der Waals surface area (Å²) in [5.74, 6) is 0.871. The third-order valence-electron chi connectivity index (χ3n) is 4.92. The van der Waals surface area contributed by atoms with Crippen molar-refractivity contribution in [2.75, 3.05) is 20.2 Å². The van der Waals surface area contributed by atoms with Gasteiger partial charge in [-0.2, -0.15) is 0 Å². The molecule has 2 aliphatic heterocycles. The van der Waals surface area contributed by atoms with E-state index in [0.29, 0.717) is 24.1 Å². The number of ether oxygens (including phenoxy) is 1. The van der Waals surface area contributed by atoms with E-state index >= 15 is 0 Å². The number of methoxy groups -OCH3 is 1. The zero-order chi connectivity index (χ0) is 16.2.